The fraction of sp³-hybridized carbons (Fsp3) is 0.188. The summed E-state index contributed by atoms with van der Waals surface area (Å²) in [6.45, 7) is 2.08. The van der Waals surface area contributed by atoms with E-state index in [9.17, 15) is 4.79 Å². The van der Waals surface area contributed by atoms with Gasteiger partial charge in [-0.2, -0.15) is 0 Å². The number of anilines is 1. The van der Waals surface area contributed by atoms with Crippen LogP contribution in [-0.2, 0) is 6.42 Å². The molecule has 0 saturated heterocycles. The number of ketones is 1. The first-order valence-electron chi connectivity index (χ1n) is 6.23. The van der Waals surface area contributed by atoms with Crippen LogP contribution in [0.4, 0.5) is 5.69 Å². The minimum Gasteiger partial charge on any atom is -0.496 e. The highest BCUT2D eigenvalue weighted by Gasteiger charge is 2.14. The van der Waals surface area contributed by atoms with Crippen molar-refractivity contribution in [2.24, 2.45) is 0 Å². The second kappa shape index (κ2) is 5.57. The van der Waals surface area contributed by atoms with E-state index in [0.29, 0.717) is 22.6 Å². The SMILES string of the molecule is CCc1ccc(C(=O)c2ccc(N)cc2OC)cc1. The largest absolute Gasteiger partial charge is 0.496 e. The number of ether oxygens (including phenoxy) is 1. The highest BCUT2D eigenvalue weighted by atomic mass is 16.5. The molecule has 0 saturated carbocycles. The molecule has 2 rings (SSSR count). The molecular weight excluding hydrogens is 238 g/mol. The van der Waals surface area contributed by atoms with Crippen LogP contribution < -0.4 is 10.5 Å². The highest BCUT2D eigenvalue weighted by Crippen LogP contribution is 2.24. The van der Waals surface area contributed by atoms with Crippen molar-refractivity contribution in [1.82, 2.24) is 0 Å². The number of hydrogen-bond acceptors (Lipinski definition) is 3. The van der Waals surface area contributed by atoms with Crippen molar-refractivity contribution in [1.29, 1.82) is 0 Å². The van der Waals surface area contributed by atoms with Crippen molar-refractivity contribution in [3.63, 3.8) is 0 Å². The number of rotatable bonds is 4. The van der Waals surface area contributed by atoms with E-state index >= 15 is 0 Å². The highest BCUT2D eigenvalue weighted by molar-refractivity contribution is 6.10. The zero-order valence-corrected chi connectivity index (χ0v) is 11.1. The number of hydrogen-bond donors (Lipinski definition) is 1. The van der Waals surface area contributed by atoms with Crippen LogP contribution in [0.5, 0.6) is 5.75 Å². The number of nitrogens with two attached hydrogens (primary N) is 1. The Balaban J connectivity index is 2.37. The third kappa shape index (κ3) is 2.76. The third-order valence-corrected chi connectivity index (χ3v) is 3.09. The number of benzene rings is 2. The molecule has 3 heteroatoms. The summed E-state index contributed by atoms with van der Waals surface area (Å²) in [5.74, 6) is 0.448. The Labute approximate surface area is 113 Å². The maximum Gasteiger partial charge on any atom is 0.196 e. The summed E-state index contributed by atoms with van der Waals surface area (Å²) >= 11 is 0. The maximum absolute atomic E-state index is 12.4. The van der Waals surface area contributed by atoms with Crippen molar-refractivity contribution >= 4 is 11.5 Å². The molecule has 0 aliphatic carbocycles. The van der Waals surface area contributed by atoms with Crippen molar-refractivity contribution in [3.05, 3.63) is 59.2 Å². The molecule has 98 valence electrons. The molecule has 0 aromatic heterocycles. The van der Waals surface area contributed by atoms with Gasteiger partial charge in [0.1, 0.15) is 5.75 Å². The van der Waals surface area contributed by atoms with E-state index in [4.69, 9.17) is 10.5 Å². The van der Waals surface area contributed by atoms with Gasteiger partial charge in [-0.1, -0.05) is 31.2 Å². The maximum atomic E-state index is 12.4. The first-order chi connectivity index (χ1) is 9.15. The summed E-state index contributed by atoms with van der Waals surface area (Å²) in [6, 6.07) is 12.7. The summed E-state index contributed by atoms with van der Waals surface area (Å²) < 4.78 is 5.21. The summed E-state index contributed by atoms with van der Waals surface area (Å²) in [7, 11) is 1.53. The van der Waals surface area contributed by atoms with Crippen LogP contribution in [0.15, 0.2) is 42.5 Å². The predicted octanol–water partition coefficient (Wildman–Crippen LogP) is 3.07. The zero-order valence-electron chi connectivity index (χ0n) is 11.1. The summed E-state index contributed by atoms with van der Waals surface area (Å²) in [5.41, 5.74) is 8.66. The number of nitrogen functional groups attached to an aromatic ring is 1. The molecule has 0 aliphatic heterocycles. The second-order valence-electron chi connectivity index (χ2n) is 4.34. The lowest BCUT2D eigenvalue weighted by Crippen LogP contribution is -2.04. The van der Waals surface area contributed by atoms with Crippen LogP contribution in [0.1, 0.15) is 28.4 Å². The Morgan fingerprint density at radius 1 is 1.16 bits per heavy atom. The van der Waals surface area contributed by atoms with Gasteiger partial charge in [0.25, 0.3) is 0 Å². The van der Waals surface area contributed by atoms with Crippen molar-refractivity contribution < 1.29 is 9.53 Å². The van der Waals surface area contributed by atoms with Gasteiger partial charge in [0.2, 0.25) is 0 Å². The molecule has 0 amide bonds. The Bertz CT molecular complexity index is 588. The smallest absolute Gasteiger partial charge is 0.196 e. The van der Waals surface area contributed by atoms with Crippen LogP contribution in [0, 0.1) is 0 Å². The molecule has 2 aromatic carbocycles. The fourth-order valence-corrected chi connectivity index (χ4v) is 1.94. The average Bonchev–Trinajstić information content (AvgIpc) is 2.46. The zero-order chi connectivity index (χ0) is 13.8. The van der Waals surface area contributed by atoms with Crippen LogP contribution in [-0.4, -0.2) is 12.9 Å². The molecule has 0 spiro atoms. The number of carbonyl (C=O) groups excluding carboxylic acids is 1. The number of carbonyl (C=O) groups is 1. The Morgan fingerprint density at radius 2 is 1.84 bits per heavy atom. The van der Waals surface area contributed by atoms with Crippen molar-refractivity contribution in [2.45, 2.75) is 13.3 Å². The van der Waals surface area contributed by atoms with E-state index in [1.807, 2.05) is 24.3 Å². The average molecular weight is 255 g/mol. The molecule has 19 heavy (non-hydrogen) atoms. The van der Waals surface area contributed by atoms with Crippen LogP contribution in [0.2, 0.25) is 0 Å². The molecule has 2 N–H and O–H groups in total. The fourth-order valence-electron chi connectivity index (χ4n) is 1.94. The number of methoxy groups -OCH3 is 1. The first kappa shape index (κ1) is 13.1. The molecule has 0 unspecified atom stereocenters. The molecule has 0 atom stereocenters. The normalized spacial score (nSPS) is 10.2. The molecule has 0 fully saturated rings. The molecule has 0 heterocycles. The van der Waals surface area contributed by atoms with Gasteiger partial charge in [-0.15, -0.1) is 0 Å². The predicted molar refractivity (Wildman–Crippen MR) is 76.7 cm³/mol. The van der Waals surface area contributed by atoms with E-state index in [-0.39, 0.29) is 5.78 Å². The lowest BCUT2D eigenvalue weighted by Gasteiger charge is -2.09. The Hall–Kier alpha value is -2.29. The molecular formula is C16H17NO2. The minimum atomic E-state index is -0.0560. The quantitative estimate of drug-likeness (QED) is 0.674. The van der Waals surface area contributed by atoms with Gasteiger partial charge in [0, 0.05) is 17.3 Å². The standard InChI is InChI=1S/C16H17NO2/c1-3-11-4-6-12(7-5-11)16(18)14-9-8-13(17)10-15(14)19-2/h4-10H,3,17H2,1-2H3. The summed E-state index contributed by atoms with van der Waals surface area (Å²) in [5, 5.41) is 0. The van der Waals surface area contributed by atoms with Crippen molar-refractivity contribution in [2.75, 3.05) is 12.8 Å². The Morgan fingerprint density at radius 3 is 2.42 bits per heavy atom. The topological polar surface area (TPSA) is 52.3 Å². The lowest BCUT2D eigenvalue weighted by atomic mass is 10.0. The van der Waals surface area contributed by atoms with E-state index in [1.54, 1.807) is 18.2 Å². The summed E-state index contributed by atoms with van der Waals surface area (Å²) in [6.07, 6.45) is 0.958. The minimum absolute atomic E-state index is 0.0560. The van der Waals surface area contributed by atoms with Crippen LogP contribution >= 0.6 is 0 Å². The molecule has 0 bridgehead atoms. The van der Waals surface area contributed by atoms with Gasteiger partial charge in [-0.05, 0) is 24.1 Å². The lowest BCUT2D eigenvalue weighted by molar-refractivity contribution is 0.103. The molecule has 0 radical (unpaired) electrons. The van der Waals surface area contributed by atoms with Gasteiger partial charge in [-0.3, -0.25) is 4.79 Å². The molecule has 2 aromatic rings. The van der Waals surface area contributed by atoms with Gasteiger partial charge >= 0.3 is 0 Å². The first-order valence-corrected chi connectivity index (χ1v) is 6.23. The third-order valence-electron chi connectivity index (χ3n) is 3.09. The van der Waals surface area contributed by atoms with Crippen LogP contribution in [0.3, 0.4) is 0 Å². The number of aryl methyl sites for hydroxylation is 1. The van der Waals surface area contributed by atoms with Gasteiger partial charge in [0.05, 0.1) is 12.7 Å². The van der Waals surface area contributed by atoms with E-state index in [2.05, 4.69) is 6.92 Å². The van der Waals surface area contributed by atoms with E-state index in [0.717, 1.165) is 6.42 Å². The van der Waals surface area contributed by atoms with Gasteiger partial charge in [0.15, 0.2) is 5.78 Å². The summed E-state index contributed by atoms with van der Waals surface area (Å²) in [4.78, 5) is 12.4. The molecule has 3 nitrogen and oxygen atoms in total. The monoisotopic (exact) mass is 255 g/mol. The molecule has 0 aliphatic rings. The van der Waals surface area contributed by atoms with Crippen LogP contribution in [0.25, 0.3) is 0 Å². The Kier molecular flexibility index (Phi) is 3.85. The van der Waals surface area contributed by atoms with E-state index in [1.165, 1.54) is 12.7 Å². The van der Waals surface area contributed by atoms with Gasteiger partial charge in [-0.25, -0.2) is 0 Å². The van der Waals surface area contributed by atoms with Gasteiger partial charge < -0.3 is 10.5 Å². The van der Waals surface area contributed by atoms with Crippen molar-refractivity contribution in [3.8, 4) is 5.75 Å². The van der Waals surface area contributed by atoms with E-state index < -0.39 is 0 Å². The second-order valence-corrected chi connectivity index (χ2v) is 4.34.